The molecule has 8 heteroatoms. The Kier molecular flexibility index (Phi) is 8.10. The van der Waals surface area contributed by atoms with Crippen LogP contribution in [0.25, 0.3) is 0 Å². The highest BCUT2D eigenvalue weighted by atomic mass is 31.0. The lowest BCUT2D eigenvalue weighted by Gasteiger charge is -2.29. The standard InChI is InChI=1S/C20H28F2N3O2P/c1-4-13(5-2)18(23-3)17-14(12-26)10-11-24-19(17)25-15-6-8-16(9-7-15)27-20(21,22)28/h6-11,13,18,23,26H,4-5,12,28H2,1-3H3,(H,24,25). The molecular formula is C20H28F2N3O2P. The van der Waals surface area contributed by atoms with Crippen LogP contribution in [-0.4, -0.2) is 23.0 Å². The van der Waals surface area contributed by atoms with Crippen LogP contribution >= 0.6 is 9.24 Å². The molecule has 2 rings (SSSR count). The van der Waals surface area contributed by atoms with E-state index in [0.29, 0.717) is 17.4 Å². The van der Waals surface area contributed by atoms with Crippen LogP contribution in [0.3, 0.4) is 0 Å². The number of hydrogen-bond acceptors (Lipinski definition) is 5. The Morgan fingerprint density at radius 1 is 1.18 bits per heavy atom. The summed E-state index contributed by atoms with van der Waals surface area (Å²) in [7, 11) is 3.24. The van der Waals surface area contributed by atoms with Gasteiger partial charge < -0.3 is 20.5 Å². The second kappa shape index (κ2) is 10.1. The van der Waals surface area contributed by atoms with Crippen molar-refractivity contribution in [2.24, 2.45) is 5.92 Å². The number of aromatic nitrogens is 1. The largest absolute Gasteiger partial charge is 0.430 e. The molecule has 2 aromatic rings. The highest BCUT2D eigenvalue weighted by Crippen LogP contribution is 2.35. The molecule has 2 atom stereocenters. The van der Waals surface area contributed by atoms with Gasteiger partial charge in [-0.2, -0.15) is 8.78 Å². The van der Waals surface area contributed by atoms with Crippen LogP contribution in [0, 0.1) is 5.92 Å². The molecule has 0 radical (unpaired) electrons. The molecule has 0 aliphatic carbocycles. The second-order valence-corrected chi connectivity index (χ2v) is 7.22. The zero-order valence-corrected chi connectivity index (χ0v) is 17.5. The Morgan fingerprint density at radius 3 is 2.32 bits per heavy atom. The number of anilines is 2. The number of pyridine rings is 1. The predicted octanol–water partition coefficient (Wildman–Crippen LogP) is 4.82. The van der Waals surface area contributed by atoms with E-state index in [1.807, 2.05) is 13.1 Å². The van der Waals surface area contributed by atoms with Crippen molar-refractivity contribution in [3.05, 3.63) is 47.7 Å². The average molecular weight is 411 g/mol. The van der Waals surface area contributed by atoms with Crippen molar-refractivity contribution in [3.8, 4) is 5.75 Å². The van der Waals surface area contributed by atoms with Gasteiger partial charge in [-0.25, -0.2) is 4.98 Å². The molecule has 0 amide bonds. The molecule has 0 bridgehead atoms. The van der Waals surface area contributed by atoms with E-state index in [1.165, 1.54) is 21.4 Å². The predicted molar refractivity (Wildman–Crippen MR) is 111 cm³/mol. The minimum atomic E-state index is -3.31. The Balaban J connectivity index is 2.35. The van der Waals surface area contributed by atoms with Crippen LogP contribution in [-0.2, 0) is 6.61 Å². The molecule has 0 aliphatic rings. The molecule has 1 aromatic carbocycles. The first kappa shape index (κ1) is 22.5. The summed E-state index contributed by atoms with van der Waals surface area (Å²) in [6.45, 7) is 4.18. The highest BCUT2D eigenvalue weighted by Gasteiger charge is 2.25. The van der Waals surface area contributed by atoms with Gasteiger partial charge >= 0.3 is 5.85 Å². The zero-order valence-electron chi connectivity index (χ0n) is 16.4. The monoisotopic (exact) mass is 411 g/mol. The first-order valence-corrected chi connectivity index (χ1v) is 9.89. The minimum Gasteiger partial charge on any atom is -0.430 e. The van der Waals surface area contributed by atoms with E-state index < -0.39 is 5.85 Å². The Labute approximate surface area is 167 Å². The van der Waals surface area contributed by atoms with Crippen molar-refractivity contribution in [1.82, 2.24) is 10.3 Å². The van der Waals surface area contributed by atoms with Gasteiger partial charge in [0.2, 0.25) is 0 Å². The molecule has 0 spiro atoms. The number of ether oxygens (including phenoxy) is 1. The Hall–Kier alpha value is -1.82. The van der Waals surface area contributed by atoms with Crippen molar-refractivity contribution in [1.29, 1.82) is 0 Å². The van der Waals surface area contributed by atoms with Crippen LogP contribution < -0.4 is 15.4 Å². The summed E-state index contributed by atoms with van der Waals surface area (Å²) >= 11 is 0. The van der Waals surface area contributed by atoms with Crippen LogP contribution in [0.15, 0.2) is 36.5 Å². The number of aliphatic hydroxyl groups excluding tert-OH is 1. The smallest absolute Gasteiger partial charge is 0.408 e. The van der Waals surface area contributed by atoms with Crippen molar-refractivity contribution in [2.75, 3.05) is 12.4 Å². The summed E-state index contributed by atoms with van der Waals surface area (Å²) in [6.07, 6.45) is 3.61. The van der Waals surface area contributed by atoms with Gasteiger partial charge in [0.1, 0.15) is 11.6 Å². The summed E-state index contributed by atoms with van der Waals surface area (Å²) in [5, 5.41) is 16.5. The number of aliphatic hydroxyl groups is 1. The quantitative estimate of drug-likeness (QED) is 0.489. The van der Waals surface area contributed by atoms with Crippen molar-refractivity contribution in [2.45, 2.75) is 45.2 Å². The lowest BCUT2D eigenvalue weighted by atomic mass is 9.87. The summed E-state index contributed by atoms with van der Waals surface area (Å²) in [5.41, 5.74) is 2.40. The fraction of sp³-hybridized carbons (Fsp3) is 0.450. The van der Waals surface area contributed by atoms with E-state index in [9.17, 15) is 13.9 Å². The molecule has 0 saturated heterocycles. The fourth-order valence-corrected chi connectivity index (χ4v) is 3.51. The number of nitrogens with zero attached hydrogens (tertiary/aromatic N) is 1. The molecular weight excluding hydrogens is 383 g/mol. The van der Waals surface area contributed by atoms with E-state index >= 15 is 0 Å². The van der Waals surface area contributed by atoms with E-state index in [0.717, 1.165) is 24.0 Å². The molecule has 0 aliphatic heterocycles. The van der Waals surface area contributed by atoms with Gasteiger partial charge in [-0.05, 0) is 58.1 Å². The fourth-order valence-electron chi connectivity index (χ4n) is 3.37. The molecule has 28 heavy (non-hydrogen) atoms. The first-order chi connectivity index (χ1) is 13.3. The molecule has 3 N–H and O–H groups in total. The summed E-state index contributed by atoms with van der Waals surface area (Å²) in [6, 6.07) is 8.05. The highest BCUT2D eigenvalue weighted by molar-refractivity contribution is 7.17. The Morgan fingerprint density at radius 2 is 1.82 bits per heavy atom. The minimum absolute atomic E-state index is 0.0202. The number of rotatable bonds is 10. The first-order valence-electron chi connectivity index (χ1n) is 9.31. The molecule has 0 saturated carbocycles. The summed E-state index contributed by atoms with van der Waals surface area (Å²) < 4.78 is 30.4. The van der Waals surface area contributed by atoms with Gasteiger partial charge in [-0.3, -0.25) is 0 Å². The van der Waals surface area contributed by atoms with E-state index in [2.05, 4.69) is 34.2 Å². The average Bonchev–Trinajstić information content (AvgIpc) is 2.66. The van der Waals surface area contributed by atoms with Crippen molar-refractivity contribution < 1.29 is 18.6 Å². The normalized spacial score (nSPS) is 12.9. The van der Waals surface area contributed by atoms with Crippen molar-refractivity contribution >= 4 is 20.7 Å². The number of benzene rings is 1. The van der Waals surface area contributed by atoms with Gasteiger partial charge in [0.15, 0.2) is 0 Å². The van der Waals surface area contributed by atoms with E-state index in [-0.39, 0.29) is 18.4 Å². The third-order valence-electron chi connectivity index (χ3n) is 4.76. The summed E-state index contributed by atoms with van der Waals surface area (Å²) in [5.74, 6) is -2.25. The molecule has 2 unspecified atom stereocenters. The van der Waals surface area contributed by atoms with Crippen LogP contribution in [0.4, 0.5) is 20.3 Å². The maximum absolute atomic E-state index is 12.9. The van der Waals surface area contributed by atoms with Crippen LogP contribution in [0.2, 0.25) is 0 Å². The van der Waals surface area contributed by atoms with Crippen LogP contribution in [0.1, 0.15) is 43.9 Å². The van der Waals surface area contributed by atoms with Crippen LogP contribution in [0.5, 0.6) is 5.75 Å². The number of halogens is 2. The second-order valence-electron chi connectivity index (χ2n) is 6.55. The maximum Gasteiger partial charge on any atom is 0.408 e. The van der Waals surface area contributed by atoms with Gasteiger partial charge in [-0.1, -0.05) is 26.7 Å². The van der Waals surface area contributed by atoms with Gasteiger partial charge in [-0.15, -0.1) is 0 Å². The zero-order chi connectivity index (χ0) is 20.7. The summed E-state index contributed by atoms with van der Waals surface area (Å²) in [4.78, 5) is 4.47. The Bertz CT molecular complexity index is 750. The van der Waals surface area contributed by atoms with E-state index in [4.69, 9.17) is 0 Å². The molecule has 1 aromatic heterocycles. The molecule has 154 valence electrons. The third-order valence-corrected chi connectivity index (χ3v) is 4.88. The van der Waals surface area contributed by atoms with Gasteiger partial charge in [0.05, 0.1) is 6.61 Å². The topological polar surface area (TPSA) is 66.4 Å². The van der Waals surface area contributed by atoms with Crippen molar-refractivity contribution in [3.63, 3.8) is 0 Å². The number of alkyl halides is 2. The third kappa shape index (κ3) is 5.84. The maximum atomic E-state index is 12.9. The SMILES string of the molecule is CCC(CC)C(NC)c1c(CO)ccnc1Nc1ccc(OC(F)(F)P)cc1. The van der Waals surface area contributed by atoms with E-state index in [1.54, 1.807) is 18.3 Å². The lowest BCUT2D eigenvalue weighted by molar-refractivity contribution is -0.0892. The van der Waals surface area contributed by atoms with Gasteiger partial charge in [0.25, 0.3) is 0 Å². The number of nitrogens with one attached hydrogen (secondary N) is 2. The number of hydrogen-bond donors (Lipinski definition) is 3. The molecule has 1 heterocycles. The van der Waals surface area contributed by atoms with Gasteiger partial charge in [0, 0.05) is 23.5 Å². The molecule has 0 fully saturated rings. The molecule has 5 nitrogen and oxygen atoms in total. The lowest BCUT2D eigenvalue weighted by Crippen LogP contribution is -2.27.